The fourth-order valence-corrected chi connectivity index (χ4v) is 2.44. The van der Waals surface area contributed by atoms with Crippen LogP contribution in [0.2, 0.25) is 0 Å². The number of carboxylic acids is 1. The van der Waals surface area contributed by atoms with Crippen molar-refractivity contribution >= 4 is 11.9 Å². The molecule has 1 unspecified atom stereocenters. The monoisotopic (exact) mass is 376 g/mol. The van der Waals surface area contributed by atoms with Crippen molar-refractivity contribution in [2.75, 3.05) is 13.7 Å². The second kappa shape index (κ2) is 9.13. The van der Waals surface area contributed by atoms with E-state index in [1.807, 2.05) is 13.8 Å². The quantitative estimate of drug-likeness (QED) is 0.682. The Hall–Kier alpha value is -2.94. The second-order valence-electron chi connectivity index (χ2n) is 6.24. The molecule has 9 nitrogen and oxygen atoms in total. The van der Waals surface area contributed by atoms with Gasteiger partial charge in [-0.2, -0.15) is 0 Å². The molecule has 1 aromatic heterocycles. The lowest BCUT2D eigenvalue weighted by Gasteiger charge is -2.13. The van der Waals surface area contributed by atoms with E-state index < -0.39 is 17.9 Å². The molecule has 0 fully saturated rings. The summed E-state index contributed by atoms with van der Waals surface area (Å²) in [4.78, 5) is 23.7. The van der Waals surface area contributed by atoms with Crippen LogP contribution in [0.5, 0.6) is 5.75 Å². The molecule has 146 valence electrons. The molecule has 1 amide bonds. The molecule has 0 saturated heterocycles. The highest BCUT2D eigenvalue weighted by atomic mass is 16.5. The average Bonchev–Trinajstić information content (AvgIpc) is 3.00. The Morgan fingerprint density at radius 3 is 2.48 bits per heavy atom. The summed E-state index contributed by atoms with van der Waals surface area (Å²) in [5, 5.41) is 19.6. The van der Waals surface area contributed by atoms with Gasteiger partial charge in [-0.15, -0.1) is 5.10 Å². The summed E-state index contributed by atoms with van der Waals surface area (Å²) < 4.78 is 12.0. The molecule has 0 bridgehead atoms. The highest BCUT2D eigenvalue weighted by Crippen LogP contribution is 2.18. The number of carboxylic acid groups (broad SMARTS) is 1. The Bertz CT molecular complexity index is 786. The third-order valence-corrected chi connectivity index (χ3v) is 3.78. The first-order valence-corrected chi connectivity index (χ1v) is 8.55. The lowest BCUT2D eigenvalue weighted by molar-refractivity contribution is -0.139. The molecule has 0 aliphatic rings. The number of rotatable bonds is 9. The third-order valence-electron chi connectivity index (χ3n) is 3.78. The summed E-state index contributed by atoms with van der Waals surface area (Å²) >= 11 is 0. The van der Waals surface area contributed by atoms with Crippen molar-refractivity contribution in [1.29, 1.82) is 0 Å². The number of carbonyl (C=O) groups excluding carboxylic acids is 1. The Balaban J connectivity index is 2.16. The van der Waals surface area contributed by atoms with Crippen LogP contribution in [-0.2, 0) is 9.53 Å². The van der Waals surface area contributed by atoms with Crippen molar-refractivity contribution in [3.63, 3.8) is 0 Å². The van der Waals surface area contributed by atoms with Gasteiger partial charge in [0, 0.05) is 20.1 Å². The largest absolute Gasteiger partial charge is 0.491 e. The van der Waals surface area contributed by atoms with Crippen molar-refractivity contribution < 1.29 is 24.2 Å². The minimum atomic E-state index is -1.13. The fourth-order valence-electron chi connectivity index (χ4n) is 2.44. The van der Waals surface area contributed by atoms with E-state index in [2.05, 4.69) is 15.6 Å². The second-order valence-corrected chi connectivity index (χ2v) is 6.24. The maximum Gasteiger partial charge on any atom is 0.326 e. The number of aromatic nitrogens is 3. The van der Waals surface area contributed by atoms with Gasteiger partial charge in [-0.05, 0) is 45.0 Å². The number of carbonyl (C=O) groups is 2. The summed E-state index contributed by atoms with van der Waals surface area (Å²) in [5.41, 5.74) is 1.28. The van der Waals surface area contributed by atoms with E-state index in [-0.39, 0.29) is 24.8 Å². The molecule has 0 aliphatic heterocycles. The van der Waals surface area contributed by atoms with Crippen LogP contribution in [0, 0.1) is 6.92 Å². The fraction of sp³-hybridized carbons (Fsp3) is 0.444. The summed E-state index contributed by atoms with van der Waals surface area (Å²) in [6.45, 7) is 5.79. The SMILES string of the molecule is COCCC(NC(=O)c1nnn(-c2ccc(OC(C)C)cc2)c1C)C(=O)O. The molecule has 0 spiro atoms. The Morgan fingerprint density at radius 1 is 1.26 bits per heavy atom. The zero-order chi connectivity index (χ0) is 20.0. The smallest absolute Gasteiger partial charge is 0.326 e. The summed E-state index contributed by atoms with van der Waals surface area (Å²) in [6.07, 6.45) is 0.224. The number of nitrogens with one attached hydrogen (secondary N) is 1. The Kier molecular flexibility index (Phi) is 6.89. The zero-order valence-corrected chi connectivity index (χ0v) is 15.8. The predicted octanol–water partition coefficient (Wildman–Crippen LogP) is 1.58. The molecule has 1 heterocycles. The number of aliphatic carboxylic acids is 1. The minimum Gasteiger partial charge on any atom is -0.491 e. The zero-order valence-electron chi connectivity index (χ0n) is 15.8. The van der Waals surface area contributed by atoms with Gasteiger partial charge in [0.1, 0.15) is 11.8 Å². The first-order chi connectivity index (χ1) is 12.8. The van der Waals surface area contributed by atoms with Crippen molar-refractivity contribution in [2.45, 2.75) is 39.3 Å². The molecule has 0 radical (unpaired) electrons. The van der Waals surface area contributed by atoms with E-state index in [9.17, 15) is 14.7 Å². The predicted molar refractivity (Wildman–Crippen MR) is 97.2 cm³/mol. The normalized spacial score (nSPS) is 12.0. The van der Waals surface area contributed by atoms with Crippen molar-refractivity contribution in [1.82, 2.24) is 20.3 Å². The van der Waals surface area contributed by atoms with E-state index in [0.29, 0.717) is 11.4 Å². The van der Waals surface area contributed by atoms with Crippen molar-refractivity contribution in [3.8, 4) is 11.4 Å². The number of ether oxygens (including phenoxy) is 2. The van der Waals surface area contributed by atoms with E-state index in [4.69, 9.17) is 9.47 Å². The lowest BCUT2D eigenvalue weighted by atomic mass is 10.2. The van der Waals surface area contributed by atoms with Crippen LogP contribution in [0.25, 0.3) is 5.69 Å². The maximum absolute atomic E-state index is 12.4. The molecule has 0 saturated carbocycles. The van der Waals surface area contributed by atoms with Crippen LogP contribution in [0.4, 0.5) is 0 Å². The molecule has 9 heteroatoms. The summed E-state index contributed by atoms with van der Waals surface area (Å²) in [5.74, 6) is -1.000. The molecule has 1 aromatic carbocycles. The molecular weight excluding hydrogens is 352 g/mol. The van der Waals surface area contributed by atoms with Crippen LogP contribution in [0.1, 0.15) is 36.5 Å². The molecule has 0 aliphatic carbocycles. The number of hydrogen-bond acceptors (Lipinski definition) is 6. The van der Waals surface area contributed by atoms with Crippen LogP contribution >= 0.6 is 0 Å². The van der Waals surface area contributed by atoms with E-state index >= 15 is 0 Å². The van der Waals surface area contributed by atoms with Gasteiger partial charge in [0.15, 0.2) is 5.69 Å². The highest BCUT2D eigenvalue weighted by Gasteiger charge is 2.24. The van der Waals surface area contributed by atoms with Gasteiger partial charge >= 0.3 is 5.97 Å². The lowest BCUT2D eigenvalue weighted by Crippen LogP contribution is -2.41. The standard InChI is InChI=1S/C18H24N4O5/c1-11(2)27-14-7-5-13(6-8-14)22-12(3)16(20-21-22)17(23)19-15(18(24)25)9-10-26-4/h5-8,11,15H,9-10H2,1-4H3,(H,19,23)(H,24,25). The molecule has 1 atom stereocenters. The van der Waals surface area contributed by atoms with Crippen molar-refractivity contribution in [2.24, 2.45) is 0 Å². The van der Waals surface area contributed by atoms with Crippen molar-refractivity contribution in [3.05, 3.63) is 35.7 Å². The van der Waals surface area contributed by atoms with E-state index in [0.717, 1.165) is 5.75 Å². The van der Waals surface area contributed by atoms with Gasteiger partial charge in [0.25, 0.3) is 5.91 Å². The van der Waals surface area contributed by atoms with Gasteiger partial charge in [0.2, 0.25) is 0 Å². The van der Waals surface area contributed by atoms with E-state index in [1.54, 1.807) is 31.2 Å². The molecule has 27 heavy (non-hydrogen) atoms. The minimum absolute atomic E-state index is 0.0690. The van der Waals surface area contributed by atoms with E-state index in [1.165, 1.54) is 11.8 Å². The topological polar surface area (TPSA) is 116 Å². The molecule has 2 N–H and O–H groups in total. The van der Waals surface area contributed by atoms with Gasteiger partial charge in [0.05, 0.1) is 17.5 Å². The third kappa shape index (κ3) is 5.27. The van der Waals surface area contributed by atoms with Gasteiger partial charge < -0.3 is 19.9 Å². The number of methoxy groups -OCH3 is 1. The molecule has 2 rings (SSSR count). The summed E-state index contributed by atoms with van der Waals surface area (Å²) in [7, 11) is 1.47. The van der Waals surface area contributed by atoms with Gasteiger partial charge in [-0.25, -0.2) is 9.48 Å². The van der Waals surface area contributed by atoms with Gasteiger partial charge in [-0.3, -0.25) is 4.79 Å². The summed E-state index contributed by atoms with van der Waals surface area (Å²) in [6, 6.07) is 6.16. The number of amides is 1. The Morgan fingerprint density at radius 2 is 1.93 bits per heavy atom. The average molecular weight is 376 g/mol. The number of nitrogens with zero attached hydrogens (tertiary/aromatic N) is 3. The number of benzene rings is 1. The first-order valence-electron chi connectivity index (χ1n) is 8.55. The number of hydrogen-bond donors (Lipinski definition) is 2. The van der Waals surface area contributed by atoms with Crippen LogP contribution in [0.3, 0.4) is 0 Å². The Labute approximate surface area is 157 Å². The molecule has 2 aromatic rings. The highest BCUT2D eigenvalue weighted by molar-refractivity contribution is 5.95. The van der Waals surface area contributed by atoms with Crippen LogP contribution in [-0.4, -0.2) is 57.8 Å². The van der Waals surface area contributed by atoms with Gasteiger partial charge in [-0.1, -0.05) is 5.21 Å². The first kappa shape index (κ1) is 20.4. The van der Waals surface area contributed by atoms with Crippen LogP contribution in [0.15, 0.2) is 24.3 Å². The van der Waals surface area contributed by atoms with Crippen LogP contribution < -0.4 is 10.1 Å². The molecular formula is C18H24N4O5. The maximum atomic E-state index is 12.4.